The number of nitrogens with zero attached hydrogens (tertiary/aromatic N) is 8. The van der Waals surface area contributed by atoms with E-state index in [2.05, 4.69) is 149 Å². The molecule has 0 saturated heterocycles. The molecular weight excluding hydrogens is 833 g/mol. The molecule has 0 amide bonds. The molecule has 0 saturated carbocycles. The number of hydrogen-bond donors (Lipinski definition) is 0. The lowest BCUT2D eigenvalue weighted by atomic mass is 10.0. The van der Waals surface area contributed by atoms with Crippen LogP contribution in [0.25, 0.3) is 123 Å². The standard InChI is InChI=1S/C60H38N8/c1-5-19-39(20-6-1)49-31-18-34-54(61-49)67-52-32-15-13-29-45(52)47-35-36-48-46-30-14-16-33-53(46)68(56(48)55(47)67)60-65-58(42-25-11-4-12-26-42)64-59(66-60)44-28-17-27-43(37-44)51-38-50(40-21-7-2-8-22-40)62-57(63-51)41-23-9-3-10-24-41/h1-38H. The summed E-state index contributed by atoms with van der Waals surface area (Å²) in [6, 6.07) is 79.0. The molecule has 13 aromatic rings. The predicted octanol–water partition coefficient (Wildman–Crippen LogP) is 14.3. The van der Waals surface area contributed by atoms with E-state index in [1.165, 1.54) is 0 Å². The van der Waals surface area contributed by atoms with Crippen LogP contribution in [0.15, 0.2) is 231 Å². The average Bonchev–Trinajstić information content (AvgIpc) is 3.95. The second-order valence-corrected chi connectivity index (χ2v) is 16.7. The Kier molecular flexibility index (Phi) is 9.31. The molecule has 0 N–H and O–H groups in total. The molecule has 0 spiro atoms. The SMILES string of the molecule is c1ccc(-c2cccc(-n3c4ccccc4c4ccc5c6ccccc6n(-c6nc(-c7ccccc7)nc(-c7cccc(-c8cc(-c9ccccc9)nc(-c9ccccc9)n8)c7)n6)c5c43)n2)cc1. The topological polar surface area (TPSA) is 87.2 Å². The van der Waals surface area contributed by atoms with Crippen molar-refractivity contribution < 1.29 is 0 Å². The van der Waals surface area contributed by atoms with E-state index in [4.69, 9.17) is 29.9 Å². The summed E-state index contributed by atoms with van der Waals surface area (Å²) in [4.78, 5) is 31.6. The van der Waals surface area contributed by atoms with Crippen molar-refractivity contribution in [1.29, 1.82) is 0 Å². The van der Waals surface area contributed by atoms with Crippen molar-refractivity contribution in [3.05, 3.63) is 231 Å². The summed E-state index contributed by atoms with van der Waals surface area (Å²) in [5.41, 5.74) is 12.2. The summed E-state index contributed by atoms with van der Waals surface area (Å²) in [5.74, 6) is 3.06. The maximum absolute atomic E-state index is 5.44. The second-order valence-electron chi connectivity index (χ2n) is 16.7. The zero-order valence-corrected chi connectivity index (χ0v) is 36.5. The van der Waals surface area contributed by atoms with Gasteiger partial charge in [-0.1, -0.05) is 194 Å². The maximum Gasteiger partial charge on any atom is 0.238 e. The Morgan fingerprint density at radius 3 is 1.31 bits per heavy atom. The van der Waals surface area contributed by atoms with Crippen molar-refractivity contribution in [3.63, 3.8) is 0 Å². The molecule has 0 fully saturated rings. The Morgan fingerprint density at radius 2 is 0.691 bits per heavy atom. The van der Waals surface area contributed by atoms with Crippen LogP contribution >= 0.6 is 0 Å². The second kappa shape index (κ2) is 16.2. The molecule has 13 rings (SSSR count). The van der Waals surface area contributed by atoms with E-state index in [0.717, 1.165) is 99.9 Å². The Morgan fingerprint density at radius 1 is 0.250 bits per heavy atom. The zero-order valence-electron chi connectivity index (χ0n) is 36.5. The van der Waals surface area contributed by atoms with Gasteiger partial charge in [0, 0.05) is 54.9 Å². The predicted molar refractivity (Wildman–Crippen MR) is 275 cm³/mol. The van der Waals surface area contributed by atoms with E-state index < -0.39 is 0 Å². The molecule has 0 bridgehead atoms. The van der Waals surface area contributed by atoms with Gasteiger partial charge in [0.1, 0.15) is 5.82 Å². The molecule has 0 unspecified atom stereocenters. The number of para-hydroxylation sites is 2. The molecule has 0 aliphatic heterocycles. The molecule has 0 aliphatic rings. The van der Waals surface area contributed by atoms with Crippen LogP contribution in [0.4, 0.5) is 0 Å². The highest BCUT2D eigenvalue weighted by molar-refractivity contribution is 6.23. The number of pyridine rings is 1. The highest BCUT2D eigenvalue weighted by Crippen LogP contribution is 2.42. The van der Waals surface area contributed by atoms with Gasteiger partial charge in [-0.05, 0) is 36.4 Å². The Labute approximate surface area is 391 Å². The van der Waals surface area contributed by atoms with Crippen LogP contribution in [-0.2, 0) is 0 Å². The zero-order chi connectivity index (χ0) is 45.0. The number of aromatic nitrogens is 8. The monoisotopic (exact) mass is 870 g/mol. The molecule has 8 nitrogen and oxygen atoms in total. The van der Waals surface area contributed by atoms with Crippen molar-refractivity contribution in [2.75, 3.05) is 0 Å². The third-order valence-electron chi connectivity index (χ3n) is 12.6. The highest BCUT2D eigenvalue weighted by Gasteiger charge is 2.24. The van der Waals surface area contributed by atoms with Gasteiger partial charge >= 0.3 is 0 Å². The quantitative estimate of drug-likeness (QED) is 0.151. The number of fused-ring (bicyclic) bond motifs is 7. The first-order valence-electron chi connectivity index (χ1n) is 22.6. The van der Waals surface area contributed by atoms with Crippen LogP contribution < -0.4 is 0 Å². The largest absolute Gasteiger partial charge is 0.292 e. The smallest absolute Gasteiger partial charge is 0.238 e. The molecule has 5 heterocycles. The Bertz CT molecular complexity index is 3960. The summed E-state index contributed by atoms with van der Waals surface area (Å²) >= 11 is 0. The van der Waals surface area contributed by atoms with Crippen molar-refractivity contribution in [2.24, 2.45) is 0 Å². The maximum atomic E-state index is 5.44. The average molecular weight is 871 g/mol. The summed E-state index contributed by atoms with van der Waals surface area (Å²) in [5, 5.41) is 4.39. The van der Waals surface area contributed by atoms with Gasteiger partial charge in [-0.25, -0.2) is 19.9 Å². The molecule has 0 atom stereocenters. The normalized spacial score (nSPS) is 11.5. The van der Waals surface area contributed by atoms with Crippen molar-refractivity contribution in [2.45, 2.75) is 0 Å². The molecule has 5 aromatic heterocycles. The minimum absolute atomic E-state index is 0.500. The first-order valence-corrected chi connectivity index (χ1v) is 22.6. The van der Waals surface area contributed by atoms with Crippen molar-refractivity contribution in [3.8, 4) is 79.7 Å². The van der Waals surface area contributed by atoms with E-state index in [1.54, 1.807) is 0 Å². The number of hydrogen-bond acceptors (Lipinski definition) is 6. The van der Waals surface area contributed by atoms with Crippen LogP contribution in [-0.4, -0.2) is 39.0 Å². The van der Waals surface area contributed by atoms with E-state index in [-0.39, 0.29) is 0 Å². The highest BCUT2D eigenvalue weighted by atomic mass is 15.2. The lowest BCUT2D eigenvalue weighted by Crippen LogP contribution is -2.07. The molecule has 8 heteroatoms. The van der Waals surface area contributed by atoms with Crippen LogP contribution in [0.3, 0.4) is 0 Å². The van der Waals surface area contributed by atoms with Gasteiger partial charge < -0.3 is 0 Å². The molecule has 0 aliphatic carbocycles. The first-order chi connectivity index (χ1) is 33.7. The molecule has 0 radical (unpaired) electrons. The van der Waals surface area contributed by atoms with Gasteiger partial charge in [-0.3, -0.25) is 9.13 Å². The van der Waals surface area contributed by atoms with E-state index in [0.29, 0.717) is 23.4 Å². The summed E-state index contributed by atoms with van der Waals surface area (Å²) in [6.07, 6.45) is 0. The third kappa shape index (κ3) is 6.70. The lowest BCUT2D eigenvalue weighted by molar-refractivity contribution is 0.952. The van der Waals surface area contributed by atoms with Crippen molar-refractivity contribution in [1.82, 2.24) is 39.0 Å². The lowest BCUT2D eigenvalue weighted by Gasteiger charge is -2.14. The van der Waals surface area contributed by atoms with Crippen LogP contribution in [0.2, 0.25) is 0 Å². The number of rotatable bonds is 8. The summed E-state index contributed by atoms with van der Waals surface area (Å²) < 4.78 is 4.52. The fraction of sp³-hybridized carbons (Fsp3) is 0. The van der Waals surface area contributed by atoms with E-state index in [1.807, 2.05) is 91.0 Å². The molecule has 68 heavy (non-hydrogen) atoms. The van der Waals surface area contributed by atoms with Gasteiger partial charge in [-0.15, -0.1) is 0 Å². The molecular formula is C60H38N8. The van der Waals surface area contributed by atoms with Gasteiger partial charge in [0.05, 0.1) is 39.1 Å². The Balaban J connectivity index is 1.06. The first kappa shape index (κ1) is 39.0. The minimum Gasteiger partial charge on any atom is -0.292 e. The Hall–Kier alpha value is -9.40. The van der Waals surface area contributed by atoms with Gasteiger partial charge in [0.2, 0.25) is 5.95 Å². The van der Waals surface area contributed by atoms with Crippen molar-refractivity contribution >= 4 is 43.6 Å². The number of benzene rings is 8. The summed E-state index contributed by atoms with van der Waals surface area (Å²) in [7, 11) is 0. The minimum atomic E-state index is 0.500. The van der Waals surface area contributed by atoms with Gasteiger partial charge in [0.15, 0.2) is 17.5 Å². The van der Waals surface area contributed by atoms with E-state index in [9.17, 15) is 0 Å². The fourth-order valence-electron chi connectivity index (χ4n) is 9.46. The van der Waals surface area contributed by atoms with Crippen LogP contribution in [0.1, 0.15) is 0 Å². The van der Waals surface area contributed by atoms with Crippen LogP contribution in [0.5, 0.6) is 0 Å². The summed E-state index contributed by atoms with van der Waals surface area (Å²) in [6.45, 7) is 0. The van der Waals surface area contributed by atoms with Gasteiger partial charge in [0.25, 0.3) is 0 Å². The van der Waals surface area contributed by atoms with E-state index >= 15 is 0 Å². The van der Waals surface area contributed by atoms with Gasteiger partial charge in [-0.2, -0.15) is 9.97 Å². The molecule has 318 valence electrons. The fourth-order valence-corrected chi connectivity index (χ4v) is 9.46. The molecule has 8 aromatic carbocycles. The third-order valence-corrected chi connectivity index (χ3v) is 12.6. The van der Waals surface area contributed by atoms with Crippen LogP contribution in [0, 0.1) is 0 Å².